The van der Waals surface area contributed by atoms with Gasteiger partial charge in [0.15, 0.2) is 5.82 Å². The number of aromatic nitrogens is 2. The Morgan fingerprint density at radius 1 is 1.16 bits per heavy atom. The average molecular weight is 447 g/mol. The summed E-state index contributed by atoms with van der Waals surface area (Å²) in [6.07, 6.45) is 0.0216. The molecule has 0 radical (unpaired) electrons. The van der Waals surface area contributed by atoms with Crippen molar-refractivity contribution in [3.05, 3.63) is 54.4 Å². The third kappa shape index (κ3) is 5.31. The molecule has 0 atom stereocenters. The van der Waals surface area contributed by atoms with Crippen molar-refractivity contribution in [3.8, 4) is 5.75 Å². The first-order valence-electron chi connectivity index (χ1n) is 10.3. The maximum absolute atomic E-state index is 13.5. The number of halogens is 3. The van der Waals surface area contributed by atoms with Crippen LogP contribution in [0.1, 0.15) is 18.4 Å². The van der Waals surface area contributed by atoms with Gasteiger partial charge < -0.3 is 14.5 Å². The summed E-state index contributed by atoms with van der Waals surface area (Å²) in [5.74, 6) is 0.679. The second kappa shape index (κ2) is 9.47. The number of likely N-dealkylation sites (tertiary alicyclic amines) is 1. The summed E-state index contributed by atoms with van der Waals surface area (Å²) in [7, 11) is 1.45. The number of furan rings is 1. The summed E-state index contributed by atoms with van der Waals surface area (Å²) in [6, 6.07) is 10.3. The standard InChI is InChI=1S/C22H24F3N5O2/c1-29(19-5-4-13-32-19)20-18(22(23,24)25)15-26-21(28-20)27-16-6-8-17(9-7-16)31-14-12-30-10-2-3-11-30/h4-9,13,15H,2-3,10-12,14H2,1H3,(H,26,27,28). The number of alkyl halides is 3. The Hall–Kier alpha value is -3.27. The Balaban J connectivity index is 1.44. The molecule has 3 heterocycles. The van der Waals surface area contributed by atoms with Gasteiger partial charge in [0.05, 0.1) is 6.26 Å². The predicted molar refractivity (Wildman–Crippen MR) is 115 cm³/mol. The molecule has 1 saturated heterocycles. The van der Waals surface area contributed by atoms with Gasteiger partial charge in [0.25, 0.3) is 0 Å². The van der Waals surface area contributed by atoms with Crippen LogP contribution in [0.2, 0.25) is 0 Å². The number of hydrogen-bond donors (Lipinski definition) is 1. The lowest BCUT2D eigenvalue weighted by Crippen LogP contribution is -2.25. The maximum Gasteiger partial charge on any atom is 0.421 e. The van der Waals surface area contributed by atoms with E-state index in [1.165, 1.54) is 31.1 Å². The van der Waals surface area contributed by atoms with E-state index in [0.29, 0.717) is 12.3 Å². The Morgan fingerprint density at radius 2 is 1.91 bits per heavy atom. The van der Waals surface area contributed by atoms with Crippen LogP contribution in [0.15, 0.2) is 53.3 Å². The van der Waals surface area contributed by atoms with Crippen LogP contribution in [0.4, 0.5) is 36.5 Å². The molecule has 7 nitrogen and oxygen atoms in total. The van der Waals surface area contributed by atoms with Crippen LogP contribution in [0.3, 0.4) is 0 Å². The van der Waals surface area contributed by atoms with E-state index in [2.05, 4.69) is 20.2 Å². The summed E-state index contributed by atoms with van der Waals surface area (Å²) in [6.45, 7) is 3.75. The van der Waals surface area contributed by atoms with E-state index in [0.717, 1.165) is 31.6 Å². The molecule has 10 heteroatoms. The minimum absolute atomic E-state index is 0.0362. The lowest BCUT2D eigenvalue weighted by molar-refractivity contribution is -0.137. The van der Waals surface area contributed by atoms with E-state index in [1.54, 1.807) is 36.4 Å². The van der Waals surface area contributed by atoms with Gasteiger partial charge in [-0.1, -0.05) is 0 Å². The van der Waals surface area contributed by atoms with Crippen LogP contribution in [-0.4, -0.2) is 48.2 Å². The van der Waals surface area contributed by atoms with Crippen molar-refractivity contribution in [1.29, 1.82) is 0 Å². The Bertz CT molecular complexity index is 1000. The molecule has 1 aliphatic rings. The van der Waals surface area contributed by atoms with E-state index in [-0.39, 0.29) is 17.7 Å². The molecule has 0 amide bonds. The summed E-state index contributed by atoms with van der Waals surface area (Å²) < 4.78 is 51.4. The lowest BCUT2D eigenvalue weighted by Gasteiger charge is -2.20. The number of anilines is 4. The van der Waals surface area contributed by atoms with Crippen molar-refractivity contribution in [1.82, 2.24) is 14.9 Å². The van der Waals surface area contributed by atoms with E-state index in [4.69, 9.17) is 9.15 Å². The van der Waals surface area contributed by atoms with Crippen LogP contribution in [0, 0.1) is 0 Å². The third-order valence-corrected chi connectivity index (χ3v) is 5.21. The maximum atomic E-state index is 13.5. The van der Waals surface area contributed by atoms with Crippen LogP contribution in [0.5, 0.6) is 5.75 Å². The third-order valence-electron chi connectivity index (χ3n) is 5.21. The van der Waals surface area contributed by atoms with Gasteiger partial charge in [-0.05, 0) is 56.3 Å². The van der Waals surface area contributed by atoms with Gasteiger partial charge in [0.2, 0.25) is 11.8 Å². The van der Waals surface area contributed by atoms with Gasteiger partial charge in [-0.3, -0.25) is 9.80 Å². The summed E-state index contributed by atoms with van der Waals surface area (Å²) in [5, 5.41) is 2.94. The topological polar surface area (TPSA) is 66.7 Å². The Kier molecular flexibility index (Phi) is 6.50. The molecule has 1 aliphatic heterocycles. The van der Waals surface area contributed by atoms with E-state index in [9.17, 15) is 13.2 Å². The van der Waals surface area contributed by atoms with Crippen LogP contribution < -0.4 is 15.0 Å². The number of benzene rings is 1. The molecule has 3 aromatic rings. The highest BCUT2D eigenvalue weighted by Gasteiger charge is 2.37. The zero-order valence-electron chi connectivity index (χ0n) is 17.6. The first-order chi connectivity index (χ1) is 15.4. The van der Waals surface area contributed by atoms with Crippen LogP contribution >= 0.6 is 0 Å². The minimum Gasteiger partial charge on any atom is -0.492 e. The molecule has 0 saturated carbocycles. The smallest absolute Gasteiger partial charge is 0.421 e. The van der Waals surface area contributed by atoms with Gasteiger partial charge in [-0.2, -0.15) is 18.2 Å². The van der Waals surface area contributed by atoms with Gasteiger partial charge >= 0.3 is 6.18 Å². The monoisotopic (exact) mass is 447 g/mol. The number of rotatable bonds is 8. The lowest BCUT2D eigenvalue weighted by atomic mass is 10.2. The SMILES string of the molecule is CN(c1ccco1)c1nc(Nc2ccc(OCCN3CCCC3)cc2)ncc1C(F)(F)F. The first-order valence-corrected chi connectivity index (χ1v) is 10.3. The van der Waals surface area contributed by atoms with Crippen LogP contribution in [0.25, 0.3) is 0 Å². The largest absolute Gasteiger partial charge is 0.492 e. The molecule has 0 aliphatic carbocycles. The zero-order chi connectivity index (χ0) is 22.6. The molecule has 1 N–H and O–H groups in total. The number of nitrogens with zero attached hydrogens (tertiary/aromatic N) is 4. The highest BCUT2D eigenvalue weighted by Crippen LogP contribution is 2.37. The van der Waals surface area contributed by atoms with Crippen molar-refractivity contribution in [3.63, 3.8) is 0 Å². The number of nitrogens with one attached hydrogen (secondary N) is 1. The Morgan fingerprint density at radius 3 is 2.56 bits per heavy atom. The molecule has 1 fully saturated rings. The van der Waals surface area contributed by atoms with Gasteiger partial charge in [0, 0.05) is 31.5 Å². The highest BCUT2D eigenvalue weighted by atomic mass is 19.4. The predicted octanol–water partition coefficient (Wildman–Crippen LogP) is 5.07. The molecule has 0 unspecified atom stereocenters. The normalized spacial score (nSPS) is 14.5. The summed E-state index contributed by atoms with van der Waals surface area (Å²) >= 11 is 0. The molecule has 2 aromatic heterocycles. The first kappa shape index (κ1) is 21.9. The minimum atomic E-state index is -4.61. The van der Waals surface area contributed by atoms with E-state index in [1.807, 2.05) is 0 Å². The zero-order valence-corrected chi connectivity index (χ0v) is 17.6. The summed E-state index contributed by atoms with van der Waals surface area (Å²) in [5.41, 5.74) is -0.327. The Labute approximate surface area is 183 Å². The molecule has 0 bridgehead atoms. The molecular weight excluding hydrogens is 423 g/mol. The van der Waals surface area contributed by atoms with Crippen molar-refractivity contribution in [2.24, 2.45) is 0 Å². The van der Waals surface area contributed by atoms with Crippen molar-refractivity contribution < 1.29 is 22.3 Å². The van der Waals surface area contributed by atoms with Gasteiger partial charge in [0.1, 0.15) is 17.9 Å². The fraction of sp³-hybridized carbons (Fsp3) is 0.364. The second-order valence-electron chi connectivity index (χ2n) is 7.49. The fourth-order valence-electron chi connectivity index (χ4n) is 3.52. The molecule has 170 valence electrons. The van der Waals surface area contributed by atoms with Crippen LogP contribution in [-0.2, 0) is 6.18 Å². The second-order valence-corrected chi connectivity index (χ2v) is 7.49. The van der Waals surface area contributed by atoms with E-state index >= 15 is 0 Å². The number of hydrogen-bond acceptors (Lipinski definition) is 7. The molecular formula is C22H24F3N5O2. The molecule has 0 spiro atoms. The van der Waals surface area contributed by atoms with Crippen molar-refractivity contribution >= 4 is 23.3 Å². The quantitative estimate of drug-likeness (QED) is 0.517. The molecule has 32 heavy (non-hydrogen) atoms. The van der Waals surface area contributed by atoms with Crippen molar-refractivity contribution in [2.45, 2.75) is 19.0 Å². The van der Waals surface area contributed by atoms with Crippen molar-refractivity contribution in [2.75, 3.05) is 43.5 Å². The summed E-state index contributed by atoms with van der Waals surface area (Å²) in [4.78, 5) is 11.5. The number of ether oxygens (including phenoxy) is 1. The molecule has 1 aromatic carbocycles. The highest BCUT2D eigenvalue weighted by molar-refractivity contribution is 5.62. The fourth-order valence-corrected chi connectivity index (χ4v) is 3.52. The van der Waals surface area contributed by atoms with Gasteiger partial charge in [-0.15, -0.1) is 0 Å². The van der Waals surface area contributed by atoms with Gasteiger partial charge in [-0.25, -0.2) is 4.98 Å². The average Bonchev–Trinajstić information content (AvgIpc) is 3.48. The van der Waals surface area contributed by atoms with E-state index < -0.39 is 11.7 Å². The molecule has 4 rings (SSSR count).